The monoisotopic (exact) mass is 373 g/mol. The molecule has 28 heavy (non-hydrogen) atoms. The number of para-hydroxylation sites is 2. The minimum atomic E-state index is -0.157. The molecule has 1 amide bonds. The predicted molar refractivity (Wildman–Crippen MR) is 109 cm³/mol. The van der Waals surface area contributed by atoms with Gasteiger partial charge in [0.05, 0.1) is 29.2 Å². The molecule has 142 valence electrons. The number of nitrogens with zero attached hydrogens (tertiary/aromatic N) is 4. The molecule has 1 N–H and O–H groups in total. The Morgan fingerprint density at radius 3 is 2.54 bits per heavy atom. The summed E-state index contributed by atoms with van der Waals surface area (Å²) < 4.78 is 1.93. The van der Waals surface area contributed by atoms with Crippen LogP contribution in [0.1, 0.15) is 22.5 Å². The number of benzene rings is 2. The van der Waals surface area contributed by atoms with Crippen molar-refractivity contribution in [2.24, 2.45) is 0 Å². The Balaban J connectivity index is 1.68. The zero-order chi connectivity index (χ0) is 20.1. The number of carbonyl (C=O) groups excluding carboxylic acids is 1. The van der Waals surface area contributed by atoms with Crippen LogP contribution in [0.5, 0.6) is 0 Å². The number of nitriles is 1. The van der Waals surface area contributed by atoms with Crippen LogP contribution >= 0.6 is 0 Å². The summed E-state index contributed by atoms with van der Waals surface area (Å²) >= 11 is 0. The number of likely N-dealkylation sites (N-methyl/N-ethyl adjacent to an activating group) is 1. The Bertz CT molecular complexity index is 1020. The molecule has 0 aliphatic heterocycles. The van der Waals surface area contributed by atoms with Gasteiger partial charge in [0.25, 0.3) is 0 Å². The van der Waals surface area contributed by atoms with E-state index >= 15 is 0 Å². The lowest BCUT2D eigenvalue weighted by atomic mass is 10.2. The summed E-state index contributed by atoms with van der Waals surface area (Å²) in [5, 5.41) is 16.6. The highest BCUT2D eigenvalue weighted by atomic mass is 16.2. The zero-order valence-corrected chi connectivity index (χ0v) is 16.3. The van der Waals surface area contributed by atoms with Crippen LogP contribution in [0, 0.1) is 25.2 Å². The Hall–Kier alpha value is -3.43. The van der Waals surface area contributed by atoms with Crippen molar-refractivity contribution in [2.75, 3.05) is 18.9 Å². The third-order valence-corrected chi connectivity index (χ3v) is 4.61. The van der Waals surface area contributed by atoms with Crippen molar-refractivity contribution in [3.63, 3.8) is 0 Å². The Kier molecular flexibility index (Phi) is 5.87. The highest BCUT2D eigenvalue weighted by Gasteiger charge is 2.16. The van der Waals surface area contributed by atoms with Gasteiger partial charge in [0, 0.05) is 17.8 Å². The first kappa shape index (κ1) is 19.3. The fourth-order valence-corrected chi connectivity index (χ4v) is 3.17. The maximum atomic E-state index is 12.4. The molecule has 0 bridgehead atoms. The van der Waals surface area contributed by atoms with Crippen molar-refractivity contribution in [2.45, 2.75) is 20.4 Å². The fourth-order valence-electron chi connectivity index (χ4n) is 3.17. The lowest BCUT2D eigenvalue weighted by molar-refractivity contribution is -0.117. The third kappa shape index (κ3) is 4.27. The topological polar surface area (TPSA) is 74.0 Å². The first-order valence-corrected chi connectivity index (χ1v) is 9.07. The van der Waals surface area contributed by atoms with Crippen molar-refractivity contribution in [1.82, 2.24) is 14.7 Å². The standard InChI is InChI=1S/C22H23N5O/c1-16-20(17(2)27(25-16)19-10-5-4-6-11-19)14-26(3)15-22(28)24-21-12-8-7-9-18(21)13-23/h4-12H,14-15H2,1-3H3,(H,24,28). The molecule has 6 heteroatoms. The van der Waals surface area contributed by atoms with E-state index in [1.165, 1.54) is 0 Å². The van der Waals surface area contributed by atoms with Gasteiger partial charge in [-0.1, -0.05) is 30.3 Å². The van der Waals surface area contributed by atoms with Gasteiger partial charge in [0.1, 0.15) is 6.07 Å². The van der Waals surface area contributed by atoms with E-state index in [0.717, 1.165) is 22.6 Å². The van der Waals surface area contributed by atoms with Gasteiger partial charge in [-0.3, -0.25) is 9.69 Å². The smallest absolute Gasteiger partial charge is 0.238 e. The summed E-state index contributed by atoms with van der Waals surface area (Å²) in [6.45, 7) is 4.85. The number of hydrogen-bond acceptors (Lipinski definition) is 4. The Labute approximate surface area is 165 Å². The number of nitrogens with one attached hydrogen (secondary N) is 1. The van der Waals surface area contributed by atoms with Crippen LogP contribution in [-0.4, -0.2) is 34.2 Å². The Morgan fingerprint density at radius 2 is 1.82 bits per heavy atom. The summed E-state index contributed by atoms with van der Waals surface area (Å²) in [6, 6.07) is 19.1. The number of anilines is 1. The van der Waals surface area contributed by atoms with Crippen molar-refractivity contribution < 1.29 is 4.79 Å². The lowest BCUT2D eigenvalue weighted by Crippen LogP contribution is -2.30. The molecule has 0 aliphatic rings. The minimum Gasteiger partial charge on any atom is -0.324 e. The molecule has 1 heterocycles. The molecule has 0 saturated carbocycles. The number of carbonyl (C=O) groups is 1. The summed E-state index contributed by atoms with van der Waals surface area (Å²) in [4.78, 5) is 14.3. The summed E-state index contributed by atoms with van der Waals surface area (Å²) in [5.74, 6) is -0.157. The van der Waals surface area contributed by atoms with Crippen LogP contribution in [0.2, 0.25) is 0 Å². The van der Waals surface area contributed by atoms with Crippen molar-refractivity contribution in [3.8, 4) is 11.8 Å². The van der Waals surface area contributed by atoms with Crippen molar-refractivity contribution >= 4 is 11.6 Å². The van der Waals surface area contributed by atoms with Gasteiger partial charge in [-0.2, -0.15) is 10.4 Å². The molecule has 0 saturated heterocycles. The van der Waals surface area contributed by atoms with Crippen LogP contribution in [0.15, 0.2) is 54.6 Å². The molecule has 2 aromatic carbocycles. The van der Waals surface area contributed by atoms with Gasteiger partial charge >= 0.3 is 0 Å². The van der Waals surface area contributed by atoms with Gasteiger partial charge in [-0.25, -0.2) is 4.68 Å². The van der Waals surface area contributed by atoms with E-state index in [1.807, 2.05) is 60.8 Å². The molecular formula is C22H23N5O. The van der Waals surface area contributed by atoms with E-state index in [4.69, 9.17) is 5.26 Å². The number of hydrogen-bond donors (Lipinski definition) is 1. The molecule has 0 atom stereocenters. The number of aryl methyl sites for hydroxylation is 1. The lowest BCUT2D eigenvalue weighted by Gasteiger charge is -2.17. The first-order chi connectivity index (χ1) is 13.5. The molecule has 0 spiro atoms. The van der Waals surface area contributed by atoms with Crippen molar-refractivity contribution in [1.29, 1.82) is 5.26 Å². The molecule has 3 aromatic rings. The van der Waals surface area contributed by atoms with E-state index in [0.29, 0.717) is 17.8 Å². The van der Waals surface area contributed by atoms with E-state index in [1.54, 1.807) is 24.3 Å². The average molecular weight is 373 g/mol. The van der Waals surface area contributed by atoms with Gasteiger partial charge in [-0.05, 0) is 45.2 Å². The molecule has 0 radical (unpaired) electrons. The first-order valence-electron chi connectivity index (χ1n) is 9.07. The largest absolute Gasteiger partial charge is 0.324 e. The summed E-state index contributed by atoms with van der Waals surface area (Å²) in [6.07, 6.45) is 0. The molecule has 6 nitrogen and oxygen atoms in total. The molecule has 1 aromatic heterocycles. The predicted octanol–water partition coefficient (Wildman–Crippen LogP) is 3.43. The van der Waals surface area contributed by atoms with Crippen LogP contribution in [0.25, 0.3) is 5.69 Å². The second kappa shape index (κ2) is 8.51. The number of amides is 1. The van der Waals surface area contributed by atoms with E-state index in [9.17, 15) is 4.79 Å². The van der Waals surface area contributed by atoms with E-state index < -0.39 is 0 Å². The molecule has 0 unspecified atom stereocenters. The van der Waals surface area contributed by atoms with E-state index in [-0.39, 0.29) is 12.5 Å². The zero-order valence-electron chi connectivity index (χ0n) is 16.3. The maximum absolute atomic E-state index is 12.4. The molecular weight excluding hydrogens is 350 g/mol. The summed E-state index contributed by atoms with van der Waals surface area (Å²) in [7, 11) is 1.90. The van der Waals surface area contributed by atoms with Gasteiger partial charge in [0.15, 0.2) is 0 Å². The van der Waals surface area contributed by atoms with Crippen LogP contribution in [-0.2, 0) is 11.3 Å². The second-order valence-electron chi connectivity index (χ2n) is 6.77. The highest BCUT2D eigenvalue weighted by Crippen LogP contribution is 2.19. The van der Waals surface area contributed by atoms with Gasteiger partial charge in [-0.15, -0.1) is 0 Å². The number of aromatic nitrogens is 2. The van der Waals surface area contributed by atoms with Gasteiger partial charge in [0.2, 0.25) is 5.91 Å². The highest BCUT2D eigenvalue weighted by molar-refractivity contribution is 5.93. The van der Waals surface area contributed by atoms with Crippen LogP contribution < -0.4 is 5.32 Å². The third-order valence-electron chi connectivity index (χ3n) is 4.61. The van der Waals surface area contributed by atoms with E-state index in [2.05, 4.69) is 16.5 Å². The van der Waals surface area contributed by atoms with Crippen LogP contribution in [0.4, 0.5) is 5.69 Å². The number of rotatable bonds is 6. The van der Waals surface area contributed by atoms with Crippen molar-refractivity contribution in [3.05, 3.63) is 77.1 Å². The fraction of sp³-hybridized carbons (Fsp3) is 0.227. The minimum absolute atomic E-state index is 0.157. The maximum Gasteiger partial charge on any atom is 0.238 e. The second-order valence-corrected chi connectivity index (χ2v) is 6.77. The average Bonchev–Trinajstić information content (AvgIpc) is 2.97. The molecule has 0 aliphatic carbocycles. The normalized spacial score (nSPS) is 10.7. The SMILES string of the molecule is Cc1nn(-c2ccccc2)c(C)c1CN(C)CC(=O)Nc1ccccc1C#N. The molecule has 3 rings (SSSR count). The van der Waals surface area contributed by atoms with Crippen LogP contribution in [0.3, 0.4) is 0 Å². The van der Waals surface area contributed by atoms with Gasteiger partial charge < -0.3 is 5.32 Å². The Morgan fingerprint density at radius 1 is 1.14 bits per heavy atom. The molecule has 0 fully saturated rings. The quantitative estimate of drug-likeness (QED) is 0.718. The summed E-state index contributed by atoms with van der Waals surface area (Å²) in [5.41, 5.74) is 5.12.